The molecular formula is C21H22N2O3. The SMILES string of the molecule is CCCCCC(=O)C(Cc1ccc(-c2ccccc2C#N)nc1)C(=O)O. The van der Waals surface area contributed by atoms with Crippen LogP contribution in [-0.2, 0) is 16.0 Å². The van der Waals surface area contributed by atoms with Crippen molar-refractivity contribution in [2.75, 3.05) is 0 Å². The van der Waals surface area contributed by atoms with Gasteiger partial charge in [0.1, 0.15) is 11.7 Å². The number of aromatic nitrogens is 1. The van der Waals surface area contributed by atoms with E-state index in [1.54, 1.807) is 30.5 Å². The van der Waals surface area contributed by atoms with E-state index in [0.29, 0.717) is 23.2 Å². The fraction of sp³-hybridized carbons (Fsp3) is 0.333. The molecule has 1 N–H and O–H groups in total. The highest BCUT2D eigenvalue weighted by Crippen LogP contribution is 2.22. The molecule has 0 aliphatic rings. The molecular weight excluding hydrogens is 328 g/mol. The van der Waals surface area contributed by atoms with Crippen molar-refractivity contribution in [1.29, 1.82) is 5.26 Å². The second-order valence-electron chi connectivity index (χ2n) is 6.23. The topological polar surface area (TPSA) is 91.0 Å². The van der Waals surface area contributed by atoms with E-state index in [-0.39, 0.29) is 12.2 Å². The molecule has 1 aromatic heterocycles. The number of nitrogens with zero attached hydrogens (tertiary/aromatic N) is 2. The zero-order valence-corrected chi connectivity index (χ0v) is 14.8. The van der Waals surface area contributed by atoms with E-state index in [1.165, 1.54) is 0 Å². The maximum atomic E-state index is 12.2. The van der Waals surface area contributed by atoms with Gasteiger partial charge in [-0.15, -0.1) is 0 Å². The maximum absolute atomic E-state index is 12.2. The van der Waals surface area contributed by atoms with E-state index in [0.717, 1.165) is 24.8 Å². The van der Waals surface area contributed by atoms with Crippen LogP contribution in [0.5, 0.6) is 0 Å². The minimum absolute atomic E-state index is 0.132. The highest BCUT2D eigenvalue weighted by molar-refractivity contribution is 5.98. The lowest BCUT2D eigenvalue weighted by atomic mass is 9.92. The molecule has 0 aliphatic carbocycles. The van der Waals surface area contributed by atoms with E-state index in [2.05, 4.69) is 11.1 Å². The lowest BCUT2D eigenvalue weighted by Crippen LogP contribution is -2.26. The molecule has 0 radical (unpaired) electrons. The van der Waals surface area contributed by atoms with Crippen molar-refractivity contribution in [3.8, 4) is 17.3 Å². The standard InChI is InChI=1S/C21H22N2O3/c1-2-3-4-9-20(24)18(21(25)26)12-15-10-11-19(23-14-15)17-8-6-5-7-16(17)13-22/h5-8,10-11,14,18H,2-4,9,12H2,1H3,(H,25,26). The number of rotatable bonds is 9. The average Bonchev–Trinajstić information content (AvgIpc) is 2.66. The number of nitriles is 1. The molecule has 5 nitrogen and oxygen atoms in total. The van der Waals surface area contributed by atoms with Crippen molar-refractivity contribution in [2.24, 2.45) is 5.92 Å². The average molecular weight is 350 g/mol. The summed E-state index contributed by atoms with van der Waals surface area (Å²) in [4.78, 5) is 28.0. The second kappa shape index (κ2) is 9.47. The number of unbranched alkanes of at least 4 members (excludes halogenated alkanes) is 2. The van der Waals surface area contributed by atoms with Crippen molar-refractivity contribution >= 4 is 11.8 Å². The van der Waals surface area contributed by atoms with Crippen molar-refractivity contribution < 1.29 is 14.7 Å². The third-order valence-electron chi connectivity index (χ3n) is 4.30. The van der Waals surface area contributed by atoms with Crippen molar-refractivity contribution in [3.63, 3.8) is 0 Å². The normalized spacial score (nSPS) is 11.5. The summed E-state index contributed by atoms with van der Waals surface area (Å²) in [5.74, 6) is -2.36. The molecule has 5 heteroatoms. The summed E-state index contributed by atoms with van der Waals surface area (Å²) < 4.78 is 0. The largest absolute Gasteiger partial charge is 0.481 e. The number of aliphatic carboxylic acids is 1. The lowest BCUT2D eigenvalue weighted by molar-refractivity contribution is -0.146. The molecule has 0 fully saturated rings. The van der Waals surface area contributed by atoms with Crippen LogP contribution in [0.3, 0.4) is 0 Å². The number of carboxylic acid groups (broad SMARTS) is 1. The molecule has 1 heterocycles. The van der Waals surface area contributed by atoms with Crippen LogP contribution in [0, 0.1) is 17.2 Å². The number of hydrogen-bond donors (Lipinski definition) is 1. The number of ketones is 1. The van der Waals surface area contributed by atoms with Gasteiger partial charge in [-0.1, -0.05) is 44.0 Å². The fourth-order valence-corrected chi connectivity index (χ4v) is 2.81. The number of carboxylic acids is 1. The Hall–Kier alpha value is -3.00. The monoisotopic (exact) mass is 350 g/mol. The first-order chi connectivity index (χ1) is 12.6. The molecule has 0 aliphatic heterocycles. The molecule has 1 aromatic carbocycles. The van der Waals surface area contributed by atoms with Gasteiger partial charge in [0.2, 0.25) is 0 Å². The Morgan fingerprint density at radius 2 is 1.96 bits per heavy atom. The minimum atomic E-state index is -1.09. The molecule has 0 bridgehead atoms. The molecule has 0 saturated carbocycles. The summed E-state index contributed by atoms with van der Waals surface area (Å²) in [6.45, 7) is 2.04. The summed E-state index contributed by atoms with van der Waals surface area (Å²) in [6.07, 6.45) is 4.65. The third-order valence-corrected chi connectivity index (χ3v) is 4.30. The van der Waals surface area contributed by atoms with Crippen molar-refractivity contribution in [2.45, 2.75) is 39.0 Å². The quantitative estimate of drug-likeness (QED) is 0.545. The number of pyridine rings is 1. The Kier molecular flexibility index (Phi) is 7.04. The van der Waals surface area contributed by atoms with Crippen LogP contribution in [0.15, 0.2) is 42.6 Å². The van der Waals surface area contributed by atoms with Crippen LogP contribution < -0.4 is 0 Å². The lowest BCUT2D eigenvalue weighted by Gasteiger charge is -2.12. The summed E-state index contributed by atoms with van der Waals surface area (Å²) >= 11 is 0. The number of carbonyl (C=O) groups is 2. The van der Waals surface area contributed by atoms with Gasteiger partial charge >= 0.3 is 5.97 Å². The number of Topliss-reactive ketones (excluding diaryl/α,β-unsaturated/α-hetero) is 1. The molecule has 26 heavy (non-hydrogen) atoms. The van der Waals surface area contributed by atoms with Gasteiger partial charge in [-0.3, -0.25) is 14.6 Å². The first-order valence-electron chi connectivity index (χ1n) is 8.76. The Morgan fingerprint density at radius 3 is 2.58 bits per heavy atom. The Balaban J connectivity index is 2.13. The fourth-order valence-electron chi connectivity index (χ4n) is 2.81. The smallest absolute Gasteiger partial charge is 0.314 e. The first kappa shape index (κ1) is 19.3. The van der Waals surface area contributed by atoms with Gasteiger partial charge in [-0.05, 0) is 30.5 Å². The Morgan fingerprint density at radius 1 is 1.19 bits per heavy atom. The molecule has 0 amide bonds. The van der Waals surface area contributed by atoms with Crippen LogP contribution in [0.1, 0.15) is 43.7 Å². The minimum Gasteiger partial charge on any atom is -0.481 e. The van der Waals surface area contributed by atoms with Crippen LogP contribution >= 0.6 is 0 Å². The van der Waals surface area contributed by atoms with Gasteiger partial charge in [0.05, 0.1) is 17.3 Å². The summed E-state index contributed by atoms with van der Waals surface area (Å²) in [5, 5.41) is 18.6. The van der Waals surface area contributed by atoms with Crippen molar-refractivity contribution in [3.05, 3.63) is 53.7 Å². The Bertz CT molecular complexity index is 807. The van der Waals surface area contributed by atoms with Gasteiger partial charge in [-0.2, -0.15) is 5.26 Å². The van der Waals surface area contributed by atoms with Gasteiger partial charge in [-0.25, -0.2) is 0 Å². The molecule has 1 unspecified atom stereocenters. The van der Waals surface area contributed by atoms with Gasteiger partial charge in [0, 0.05) is 18.2 Å². The highest BCUT2D eigenvalue weighted by Gasteiger charge is 2.25. The van der Waals surface area contributed by atoms with Crippen LogP contribution in [0.2, 0.25) is 0 Å². The van der Waals surface area contributed by atoms with E-state index < -0.39 is 11.9 Å². The Labute approximate surface area is 153 Å². The summed E-state index contributed by atoms with van der Waals surface area (Å²) in [6, 6.07) is 12.8. The van der Waals surface area contributed by atoms with Crippen LogP contribution in [0.4, 0.5) is 0 Å². The molecule has 2 rings (SSSR count). The molecule has 0 spiro atoms. The summed E-state index contributed by atoms with van der Waals surface area (Å²) in [7, 11) is 0. The zero-order chi connectivity index (χ0) is 18.9. The van der Waals surface area contributed by atoms with E-state index >= 15 is 0 Å². The van der Waals surface area contributed by atoms with E-state index in [9.17, 15) is 20.0 Å². The number of carbonyl (C=O) groups excluding carboxylic acids is 1. The highest BCUT2D eigenvalue weighted by atomic mass is 16.4. The zero-order valence-electron chi connectivity index (χ0n) is 14.8. The van der Waals surface area contributed by atoms with Crippen LogP contribution in [0.25, 0.3) is 11.3 Å². The predicted octanol–water partition coefficient (Wildman–Crippen LogP) is 4.01. The predicted molar refractivity (Wildman–Crippen MR) is 98.4 cm³/mol. The van der Waals surface area contributed by atoms with E-state index in [1.807, 2.05) is 19.1 Å². The third kappa shape index (κ3) is 5.00. The van der Waals surface area contributed by atoms with Gasteiger partial charge in [0.25, 0.3) is 0 Å². The summed E-state index contributed by atoms with van der Waals surface area (Å²) in [5.41, 5.74) is 2.60. The van der Waals surface area contributed by atoms with E-state index in [4.69, 9.17) is 0 Å². The second-order valence-corrected chi connectivity index (χ2v) is 6.23. The number of hydrogen-bond acceptors (Lipinski definition) is 4. The van der Waals surface area contributed by atoms with Crippen LogP contribution in [-0.4, -0.2) is 21.8 Å². The van der Waals surface area contributed by atoms with Crippen molar-refractivity contribution in [1.82, 2.24) is 4.98 Å². The molecule has 134 valence electrons. The van der Waals surface area contributed by atoms with Gasteiger partial charge < -0.3 is 5.11 Å². The molecule has 1 atom stereocenters. The molecule has 0 saturated heterocycles. The maximum Gasteiger partial charge on any atom is 0.314 e. The first-order valence-corrected chi connectivity index (χ1v) is 8.76. The van der Waals surface area contributed by atoms with Gasteiger partial charge in [0.15, 0.2) is 0 Å². The number of benzene rings is 1. The molecule has 2 aromatic rings.